The predicted molar refractivity (Wildman–Crippen MR) is 131 cm³/mol. The van der Waals surface area contributed by atoms with Crippen LogP contribution in [0.3, 0.4) is 0 Å². The molecule has 0 unspecified atom stereocenters. The summed E-state index contributed by atoms with van der Waals surface area (Å²) < 4.78 is 7.84. The average Bonchev–Trinajstić information content (AvgIpc) is 3.15. The van der Waals surface area contributed by atoms with Crippen LogP contribution in [0.15, 0.2) is 47.3 Å². The van der Waals surface area contributed by atoms with Gasteiger partial charge in [0.15, 0.2) is 5.82 Å². The van der Waals surface area contributed by atoms with Crippen LogP contribution in [0.5, 0.6) is 5.75 Å². The van der Waals surface area contributed by atoms with E-state index in [0.29, 0.717) is 39.0 Å². The van der Waals surface area contributed by atoms with Crippen molar-refractivity contribution in [2.75, 3.05) is 41.9 Å². The van der Waals surface area contributed by atoms with E-state index in [-0.39, 0.29) is 12.2 Å². The van der Waals surface area contributed by atoms with E-state index in [1.807, 2.05) is 36.0 Å². The highest BCUT2D eigenvalue weighted by atomic mass is 35.5. The zero-order valence-corrected chi connectivity index (χ0v) is 19.4. The van der Waals surface area contributed by atoms with Crippen molar-refractivity contribution >= 4 is 57.5 Å². The van der Waals surface area contributed by atoms with Crippen LogP contribution in [0, 0.1) is 0 Å². The Kier molecular flexibility index (Phi) is 5.86. The summed E-state index contributed by atoms with van der Waals surface area (Å²) in [6.07, 6.45) is 0. The third-order valence-electron chi connectivity index (χ3n) is 5.43. The average molecular weight is 485 g/mol. The van der Waals surface area contributed by atoms with Gasteiger partial charge in [-0.05, 0) is 30.3 Å². The van der Waals surface area contributed by atoms with Gasteiger partial charge in [-0.25, -0.2) is 18.9 Å². The van der Waals surface area contributed by atoms with Crippen LogP contribution in [0.25, 0.3) is 16.7 Å². The Morgan fingerprint density at radius 3 is 2.76 bits per heavy atom. The maximum Gasteiger partial charge on any atom is 0.351 e. The van der Waals surface area contributed by atoms with Crippen molar-refractivity contribution in [3.05, 3.63) is 58.0 Å². The molecule has 1 aliphatic rings. The minimum atomic E-state index is -0.394. The summed E-state index contributed by atoms with van der Waals surface area (Å²) in [5.41, 5.74) is 1.92. The second-order valence-electron chi connectivity index (χ2n) is 7.52. The third-order valence-corrected chi connectivity index (χ3v) is 6.67. The number of para-hydroxylation sites is 2. The summed E-state index contributed by atoms with van der Waals surface area (Å²) in [5.74, 6) is 2.74. The quantitative estimate of drug-likeness (QED) is 0.465. The number of fused-ring (bicyclic) bond motifs is 3. The number of hydrogen-bond acceptors (Lipinski definition) is 7. The number of methoxy groups -OCH3 is 1. The molecule has 1 aliphatic heterocycles. The summed E-state index contributed by atoms with van der Waals surface area (Å²) >= 11 is 8.03. The maximum atomic E-state index is 13.3. The van der Waals surface area contributed by atoms with Crippen molar-refractivity contribution in [3.63, 3.8) is 0 Å². The summed E-state index contributed by atoms with van der Waals surface area (Å²) in [5, 5.41) is 7.64. The second-order valence-corrected chi connectivity index (χ2v) is 9.15. The van der Waals surface area contributed by atoms with Crippen LogP contribution in [-0.2, 0) is 11.3 Å². The number of rotatable bonds is 5. The van der Waals surface area contributed by atoms with Gasteiger partial charge >= 0.3 is 5.69 Å². The topological polar surface area (TPSA) is 93.8 Å². The van der Waals surface area contributed by atoms with Gasteiger partial charge in [0.1, 0.15) is 12.3 Å². The summed E-state index contributed by atoms with van der Waals surface area (Å²) in [6.45, 7) is 1.41. The van der Waals surface area contributed by atoms with Crippen molar-refractivity contribution < 1.29 is 9.53 Å². The zero-order valence-electron chi connectivity index (χ0n) is 17.8. The van der Waals surface area contributed by atoms with E-state index in [0.717, 1.165) is 24.6 Å². The molecule has 0 bridgehead atoms. The maximum absolute atomic E-state index is 13.3. The largest absolute Gasteiger partial charge is 0.495 e. The number of anilines is 2. The molecule has 9 nitrogen and oxygen atoms in total. The predicted octanol–water partition coefficient (Wildman–Crippen LogP) is 2.90. The first-order valence-electron chi connectivity index (χ1n) is 10.4. The number of halogens is 1. The molecule has 1 N–H and O–H groups in total. The molecule has 1 amide bonds. The van der Waals surface area contributed by atoms with Crippen LogP contribution in [0.2, 0.25) is 5.02 Å². The highest BCUT2D eigenvalue weighted by molar-refractivity contribution is 7.99. The number of carbonyl (C=O) groups excluding carboxylic acids is 1. The van der Waals surface area contributed by atoms with Gasteiger partial charge in [-0.3, -0.25) is 4.79 Å². The molecule has 0 saturated carbocycles. The summed E-state index contributed by atoms with van der Waals surface area (Å²) in [6, 6.07) is 12.4. The van der Waals surface area contributed by atoms with Crippen molar-refractivity contribution in [2.45, 2.75) is 6.54 Å². The molecule has 5 rings (SSSR count). The number of nitrogens with zero attached hydrogens (tertiary/aromatic N) is 5. The van der Waals surface area contributed by atoms with Gasteiger partial charge in [0.25, 0.3) is 0 Å². The Morgan fingerprint density at radius 2 is 2.00 bits per heavy atom. The molecule has 4 aromatic rings. The van der Waals surface area contributed by atoms with E-state index >= 15 is 0 Å². The normalized spacial score (nSPS) is 14.1. The second kappa shape index (κ2) is 8.95. The van der Waals surface area contributed by atoms with Crippen LogP contribution in [0.4, 0.5) is 11.5 Å². The molecule has 11 heteroatoms. The van der Waals surface area contributed by atoms with E-state index < -0.39 is 5.91 Å². The van der Waals surface area contributed by atoms with Gasteiger partial charge in [-0.15, -0.1) is 5.10 Å². The van der Waals surface area contributed by atoms with Crippen molar-refractivity contribution in [1.82, 2.24) is 19.2 Å². The molecular weight excluding hydrogens is 464 g/mol. The molecule has 170 valence electrons. The minimum Gasteiger partial charge on any atom is -0.495 e. The lowest BCUT2D eigenvalue weighted by Gasteiger charge is -2.27. The van der Waals surface area contributed by atoms with Crippen LogP contribution in [0.1, 0.15) is 0 Å². The minimum absolute atomic E-state index is 0.242. The van der Waals surface area contributed by atoms with E-state index in [1.165, 1.54) is 16.2 Å². The van der Waals surface area contributed by atoms with Crippen molar-refractivity contribution in [2.24, 2.45) is 0 Å². The lowest BCUT2D eigenvalue weighted by molar-refractivity contribution is -0.117. The Bertz CT molecular complexity index is 1410. The molecule has 0 atom stereocenters. The Balaban J connectivity index is 1.52. The molecule has 2 aromatic carbocycles. The number of ether oxygens (including phenoxy) is 1. The number of nitrogens with one attached hydrogen (secondary N) is 1. The first kappa shape index (κ1) is 21.6. The van der Waals surface area contributed by atoms with Crippen LogP contribution in [-0.4, -0.2) is 56.8 Å². The van der Waals surface area contributed by atoms with Gasteiger partial charge in [-0.1, -0.05) is 23.7 Å². The summed E-state index contributed by atoms with van der Waals surface area (Å²) in [7, 11) is 1.52. The number of hydrogen-bond donors (Lipinski definition) is 1. The van der Waals surface area contributed by atoms with E-state index in [4.69, 9.17) is 21.3 Å². The fourth-order valence-corrected chi connectivity index (χ4v) is 5.01. The van der Waals surface area contributed by atoms with Gasteiger partial charge in [0.2, 0.25) is 11.6 Å². The number of aromatic nitrogens is 4. The van der Waals surface area contributed by atoms with E-state index in [9.17, 15) is 9.59 Å². The SMILES string of the molecule is COc1ccc(NC(=O)Cn2nc3c(N4CCSCC4)nc4ccccc4n3c2=O)cc1Cl. The Labute approximate surface area is 198 Å². The highest BCUT2D eigenvalue weighted by Crippen LogP contribution is 2.27. The molecule has 0 aliphatic carbocycles. The Morgan fingerprint density at radius 1 is 1.21 bits per heavy atom. The zero-order chi connectivity index (χ0) is 22.9. The standard InChI is InChI=1S/C22H21ClN6O3S/c1-32-18-7-6-14(12-15(18)23)24-19(30)13-28-22(31)29-17-5-3-2-4-16(17)25-20(21(29)26-28)27-8-10-33-11-9-27/h2-7,12H,8-11,13H2,1H3,(H,24,30). The number of benzene rings is 2. The lowest BCUT2D eigenvalue weighted by Crippen LogP contribution is -2.33. The molecule has 0 radical (unpaired) electrons. The molecular formula is C22H21ClN6O3S. The smallest absolute Gasteiger partial charge is 0.351 e. The van der Waals surface area contributed by atoms with Crippen molar-refractivity contribution in [1.29, 1.82) is 0 Å². The fourth-order valence-electron chi connectivity index (χ4n) is 3.85. The first-order valence-corrected chi connectivity index (χ1v) is 11.9. The molecule has 1 saturated heterocycles. The highest BCUT2D eigenvalue weighted by Gasteiger charge is 2.22. The van der Waals surface area contributed by atoms with Gasteiger partial charge < -0.3 is 15.0 Å². The number of amides is 1. The van der Waals surface area contributed by atoms with Gasteiger partial charge in [0.05, 0.1) is 23.2 Å². The fraction of sp³-hybridized carbons (Fsp3) is 0.273. The number of thioether (sulfide) groups is 1. The third kappa shape index (κ3) is 4.11. The molecule has 33 heavy (non-hydrogen) atoms. The first-order chi connectivity index (χ1) is 16.0. The molecule has 0 spiro atoms. The van der Waals surface area contributed by atoms with Crippen molar-refractivity contribution in [3.8, 4) is 5.75 Å². The molecule has 3 heterocycles. The monoisotopic (exact) mass is 484 g/mol. The van der Waals surface area contributed by atoms with E-state index in [1.54, 1.807) is 18.2 Å². The van der Waals surface area contributed by atoms with Crippen LogP contribution < -0.4 is 20.6 Å². The molecule has 1 fully saturated rings. The Hall–Kier alpha value is -3.24. The van der Waals surface area contributed by atoms with Gasteiger partial charge in [-0.2, -0.15) is 11.8 Å². The lowest BCUT2D eigenvalue weighted by atomic mass is 10.3. The van der Waals surface area contributed by atoms with E-state index in [2.05, 4.69) is 15.3 Å². The molecule has 2 aromatic heterocycles. The summed E-state index contributed by atoms with van der Waals surface area (Å²) in [4.78, 5) is 33.0. The number of carbonyl (C=O) groups is 1. The van der Waals surface area contributed by atoms with Gasteiger partial charge in [0, 0.05) is 30.3 Å². The van der Waals surface area contributed by atoms with Crippen LogP contribution >= 0.6 is 23.4 Å².